The van der Waals surface area contributed by atoms with Crippen LogP contribution in [0.2, 0.25) is 0 Å². The molecule has 4 heteroatoms. The van der Waals surface area contributed by atoms with Gasteiger partial charge in [0.2, 0.25) is 0 Å². The minimum Gasteiger partial charge on any atom is -0.381 e. The predicted molar refractivity (Wildman–Crippen MR) is 74.5 cm³/mol. The molecule has 0 aliphatic carbocycles. The maximum absolute atomic E-state index is 6.15. The van der Waals surface area contributed by atoms with Gasteiger partial charge in [0.05, 0.1) is 0 Å². The molecule has 2 heterocycles. The summed E-state index contributed by atoms with van der Waals surface area (Å²) in [5.41, 5.74) is 6.36. The summed E-state index contributed by atoms with van der Waals surface area (Å²) in [4.78, 5) is 2.59. The SMILES string of the molecule is CC1SCCCC1(CN)N(C)C1CCOCC1. The van der Waals surface area contributed by atoms with E-state index in [0.29, 0.717) is 11.3 Å². The normalized spacial score (nSPS) is 36.4. The fourth-order valence-corrected chi connectivity index (χ4v) is 4.66. The second-order valence-corrected chi connectivity index (χ2v) is 6.83. The van der Waals surface area contributed by atoms with Crippen molar-refractivity contribution in [1.82, 2.24) is 4.90 Å². The molecule has 2 aliphatic heterocycles. The van der Waals surface area contributed by atoms with E-state index in [2.05, 4.69) is 30.6 Å². The maximum Gasteiger partial charge on any atom is 0.0480 e. The van der Waals surface area contributed by atoms with E-state index in [4.69, 9.17) is 10.5 Å². The van der Waals surface area contributed by atoms with E-state index in [1.165, 1.54) is 18.6 Å². The zero-order chi connectivity index (χ0) is 12.3. The van der Waals surface area contributed by atoms with Crippen molar-refractivity contribution < 1.29 is 4.74 Å². The summed E-state index contributed by atoms with van der Waals surface area (Å²) in [5, 5.41) is 0.647. The Hall–Kier alpha value is 0.230. The van der Waals surface area contributed by atoms with E-state index in [-0.39, 0.29) is 5.54 Å². The van der Waals surface area contributed by atoms with Crippen molar-refractivity contribution in [2.24, 2.45) is 5.73 Å². The van der Waals surface area contributed by atoms with Crippen LogP contribution in [0.25, 0.3) is 0 Å². The van der Waals surface area contributed by atoms with Crippen LogP contribution in [0.4, 0.5) is 0 Å². The smallest absolute Gasteiger partial charge is 0.0480 e. The molecule has 3 nitrogen and oxygen atoms in total. The topological polar surface area (TPSA) is 38.5 Å². The van der Waals surface area contributed by atoms with E-state index < -0.39 is 0 Å². The zero-order valence-corrected chi connectivity index (χ0v) is 12.0. The van der Waals surface area contributed by atoms with Crippen LogP contribution in [-0.4, -0.2) is 54.3 Å². The Kier molecular flexibility index (Phi) is 4.75. The number of rotatable bonds is 3. The predicted octanol–water partition coefficient (Wildman–Crippen LogP) is 1.71. The molecule has 0 radical (unpaired) electrons. The van der Waals surface area contributed by atoms with E-state index in [1.54, 1.807) is 0 Å². The standard InChI is InChI=1S/C13H26N2OS/c1-11-13(10-14,6-3-9-17-11)15(2)12-4-7-16-8-5-12/h11-12H,3-10,14H2,1-2H3. The molecule has 0 spiro atoms. The van der Waals surface area contributed by atoms with Crippen molar-refractivity contribution >= 4 is 11.8 Å². The Bertz CT molecular complexity index is 246. The molecular formula is C13H26N2OS. The van der Waals surface area contributed by atoms with Gasteiger partial charge in [-0.05, 0) is 38.5 Å². The summed E-state index contributed by atoms with van der Waals surface area (Å²) in [5.74, 6) is 1.30. The fraction of sp³-hybridized carbons (Fsp3) is 1.00. The Labute approximate surface area is 109 Å². The number of likely N-dealkylation sites (N-methyl/N-ethyl adjacent to an activating group) is 1. The van der Waals surface area contributed by atoms with Gasteiger partial charge in [-0.1, -0.05) is 6.92 Å². The van der Waals surface area contributed by atoms with Gasteiger partial charge in [-0.15, -0.1) is 0 Å². The number of ether oxygens (including phenoxy) is 1. The van der Waals surface area contributed by atoms with Gasteiger partial charge in [-0.2, -0.15) is 11.8 Å². The van der Waals surface area contributed by atoms with E-state index in [0.717, 1.165) is 32.6 Å². The van der Waals surface area contributed by atoms with Gasteiger partial charge in [0.25, 0.3) is 0 Å². The quantitative estimate of drug-likeness (QED) is 0.836. The molecule has 0 bridgehead atoms. The molecule has 2 aliphatic rings. The van der Waals surface area contributed by atoms with E-state index in [1.807, 2.05) is 0 Å². The van der Waals surface area contributed by atoms with Crippen LogP contribution in [0.3, 0.4) is 0 Å². The highest BCUT2D eigenvalue weighted by atomic mass is 32.2. The molecule has 0 amide bonds. The van der Waals surface area contributed by atoms with Gasteiger partial charge in [0.15, 0.2) is 0 Å². The Morgan fingerprint density at radius 1 is 1.41 bits per heavy atom. The molecule has 2 atom stereocenters. The second-order valence-electron chi connectivity index (χ2n) is 5.38. The number of nitrogens with zero attached hydrogens (tertiary/aromatic N) is 1. The highest BCUT2D eigenvalue weighted by molar-refractivity contribution is 8.00. The molecule has 2 fully saturated rings. The third-order valence-corrected chi connectivity index (χ3v) is 6.14. The van der Waals surface area contributed by atoms with Crippen molar-refractivity contribution in [1.29, 1.82) is 0 Å². The van der Waals surface area contributed by atoms with Crippen LogP contribution < -0.4 is 5.73 Å². The number of hydrogen-bond donors (Lipinski definition) is 1. The molecule has 2 saturated heterocycles. The number of nitrogens with two attached hydrogens (primary N) is 1. The van der Waals surface area contributed by atoms with Gasteiger partial charge in [-0.25, -0.2) is 0 Å². The molecule has 100 valence electrons. The van der Waals surface area contributed by atoms with Gasteiger partial charge in [0, 0.05) is 36.6 Å². The lowest BCUT2D eigenvalue weighted by molar-refractivity contribution is -0.00596. The van der Waals surface area contributed by atoms with Crippen LogP contribution in [0.1, 0.15) is 32.6 Å². The first-order valence-electron chi connectivity index (χ1n) is 6.83. The third kappa shape index (κ3) is 2.65. The van der Waals surface area contributed by atoms with Gasteiger partial charge in [0.1, 0.15) is 0 Å². The maximum atomic E-state index is 6.15. The van der Waals surface area contributed by atoms with Crippen LogP contribution >= 0.6 is 11.8 Å². The van der Waals surface area contributed by atoms with Crippen LogP contribution in [0.15, 0.2) is 0 Å². The lowest BCUT2D eigenvalue weighted by atomic mass is 9.85. The molecule has 0 aromatic carbocycles. The first-order chi connectivity index (χ1) is 8.20. The monoisotopic (exact) mass is 258 g/mol. The van der Waals surface area contributed by atoms with Gasteiger partial charge in [-0.3, -0.25) is 4.90 Å². The van der Waals surface area contributed by atoms with Crippen molar-refractivity contribution in [3.05, 3.63) is 0 Å². The second kappa shape index (κ2) is 5.91. The minimum absolute atomic E-state index is 0.213. The summed E-state index contributed by atoms with van der Waals surface area (Å²) >= 11 is 2.09. The summed E-state index contributed by atoms with van der Waals surface area (Å²) < 4.78 is 5.47. The van der Waals surface area contributed by atoms with Crippen molar-refractivity contribution in [2.75, 3.05) is 32.6 Å². The molecule has 2 N–H and O–H groups in total. The molecule has 0 aromatic heterocycles. The van der Waals surface area contributed by atoms with Crippen molar-refractivity contribution in [2.45, 2.75) is 49.4 Å². The zero-order valence-electron chi connectivity index (χ0n) is 11.2. The van der Waals surface area contributed by atoms with Gasteiger partial charge >= 0.3 is 0 Å². The van der Waals surface area contributed by atoms with Crippen LogP contribution in [-0.2, 0) is 4.74 Å². The minimum atomic E-state index is 0.213. The van der Waals surface area contributed by atoms with Crippen molar-refractivity contribution in [3.63, 3.8) is 0 Å². The molecule has 2 rings (SSSR count). The summed E-state index contributed by atoms with van der Waals surface area (Å²) in [6.07, 6.45) is 4.89. The Morgan fingerprint density at radius 2 is 2.12 bits per heavy atom. The summed E-state index contributed by atoms with van der Waals surface area (Å²) in [6.45, 7) is 4.97. The first-order valence-corrected chi connectivity index (χ1v) is 7.88. The number of hydrogen-bond acceptors (Lipinski definition) is 4. The first kappa shape index (κ1) is 13.7. The largest absolute Gasteiger partial charge is 0.381 e. The Balaban J connectivity index is 2.09. The van der Waals surface area contributed by atoms with Gasteiger partial charge < -0.3 is 10.5 Å². The summed E-state index contributed by atoms with van der Waals surface area (Å²) in [7, 11) is 2.28. The molecule has 2 unspecified atom stereocenters. The Morgan fingerprint density at radius 3 is 2.71 bits per heavy atom. The third-order valence-electron chi connectivity index (χ3n) is 4.67. The fourth-order valence-electron chi connectivity index (χ4n) is 3.31. The molecule has 17 heavy (non-hydrogen) atoms. The molecular weight excluding hydrogens is 232 g/mol. The molecule has 0 aromatic rings. The lowest BCUT2D eigenvalue weighted by Gasteiger charge is -2.51. The lowest BCUT2D eigenvalue weighted by Crippen LogP contribution is -2.62. The van der Waals surface area contributed by atoms with Crippen LogP contribution in [0, 0.1) is 0 Å². The average Bonchev–Trinajstić information content (AvgIpc) is 2.40. The highest BCUT2D eigenvalue weighted by Crippen LogP contribution is 2.39. The highest BCUT2D eigenvalue weighted by Gasteiger charge is 2.43. The summed E-state index contributed by atoms with van der Waals surface area (Å²) in [6, 6.07) is 0.661. The van der Waals surface area contributed by atoms with Crippen LogP contribution in [0.5, 0.6) is 0 Å². The average molecular weight is 258 g/mol. The molecule has 0 saturated carbocycles. The number of thioether (sulfide) groups is 1. The van der Waals surface area contributed by atoms with E-state index in [9.17, 15) is 0 Å². The van der Waals surface area contributed by atoms with E-state index >= 15 is 0 Å². The van der Waals surface area contributed by atoms with Crippen molar-refractivity contribution in [3.8, 4) is 0 Å².